The van der Waals surface area contributed by atoms with Gasteiger partial charge in [0.2, 0.25) is 0 Å². The Morgan fingerprint density at radius 1 is 0.806 bits per heavy atom. The van der Waals surface area contributed by atoms with E-state index in [9.17, 15) is 9.59 Å². The summed E-state index contributed by atoms with van der Waals surface area (Å²) in [6.07, 6.45) is 0. The lowest BCUT2D eigenvalue weighted by atomic mass is 10.00. The third-order valence-electron chi connectivity index (χ3n) is 6.57. The second-order valence-electron chi connectivity index (χ2n) is 9.28. The van der Waals surface area contributed by atoms with Gasteiger partial charge in [-0.1, -0.05) is 59.2 Å². The van der Waals surface area contributed by atoms with Gasteiger partial charge in [0.05, 0.1) is 6.54 Å². The molecule has 2 aliphatic heterocycles. The van der Waals surface area contributed by atoms with Crippen LogP contribution in [0.4, 0.5) is 0 Å². The summed E-state index contributed by atoms with van der Waals surface area (Å²) in [4.78, 5) is 27.9. The number of nitrogens with zero attached hydrogens (tertiary/aromatic N) is 4. The molecule has 0 unspecified atom stereocenters. The number of likely N-dealkylation sites (tertiary alicyclic amines) is 1. The fourth-order valence-corrected chi connectivity index (χ4v) is 5.20. The molecule has 1 saturated heterocycles. The van der Waals surface area contributed by atoms with Crippen LogP contribution in [0.2, 0.25) is 0 Å². The molecule has 0 radical (unpaired) electrons. The highest BCUT2D eigenvalue weighted by atomic mass is 16.2. The Kier molecular flexibility index (Phi) is 4.89. The fourth-order valence-electron chi connectivity index (χ4n) is 5.20. The smallest absolute Gasteiger partial charge is 0.298 e. The summed E-state index contributed by atoms with van der Waals surface area (Å²) in [7, 11) is 0. The van der Waals surface area contributed by atoms with Gasteiger partial charge in [-0.05, 0) is 31.9 Å². The topological polar surface area (TPSA) is 60.1 Å². The minimum Gasteiger partial charge on any atom is -0.298 e. The minimum absolute atomic E-state index is 0.198. The standard InChI is InChI=1S/C25H28N4O2/c1-16-4-6-19(7-5-16)12-29-25(31)24(30)28-14-21-13-27(15-22(21)23(28)26-29)11-20-9-17(2)8-18(3)10-20/h4-10,21-22H,11-15H2,1-3H3/t21-,22+/m0/s1. The van der Waals surface area contributed by atoms with Crippen LogP contribution in [0.5, 0.6) is 0 Å². The van der Waals surface area contributed by atoms with E-state index in [2.05, 4.69) is 42.0 Å². The Bertz CT molecular complexity index is 1240. The first-order chi connectivity index (χ1) is 14.9. The van der Waals surface area contributed by atoms with Crippen LogP contribution in [-0.2, 0) is 19.6 Å². The zero-order valence-corrected chi connectivity index (χ0v) is 18.3. The Labute approximate surface area is 181 Å². The van der Waals surface area contributed by atoms with Gasteiger partial charge in [-0.3, -0.25) is 19.1 Å². The van der Waals surface area contributed by atoms with Crippen molar-refractivity contribution in [3.63, 3.8) is 0 Å². The lowest BCUT2D eigenvalue weighted by Crippen LogP contribution is -2.44. The highest BCUT2D eigenvalue weighted by molar-refractivity contribution is 5.29. The van der Waals surface area contributed by atoms with Crippen molar-refractivity contribution in [1.82, 2.24) is 19.2 Å². The van der Waals surface area contributed by atoms with Crippen LogP contribution in [0.3, 0.4) is 0 Å². The van der Waals surface area contributed by atoms with Gasteiger partial charge in [-0.15, -0.1) is 0 Å². The van der Waals surface area contributed by atoms with Crippen molar-refractivity contribution in [1.29, 1.82) is 0 Å². The number of fused-ring (bicyclic) bond motifs is 3. The lowest BCUT2D eigenvalue weighted by Gasteiger charge is -2.18. The lowest BCUT2D eigenvalue weighted by molar-refractivity contribution is 0.303. The molecule has 0 bridgehead atoms. The molecule has 1 aromatic heterocycles. The van der Waals surface area contributed by atoms with Crippen molar-refractivity contribution in [2.75, 3.05) is 13.1 Å². The predicted molar refractivity (Wildman–Crippen MR) is 120 cm³/mol. The van der Waals surface area contributed by atoms with Crippen molar-refractivity contribution < 1.29 is 0 Å². The summed E-state index contributed by atoms with van der Waals surface area (Å²) < 4.78 is 2.98. The molecule has 160 valence electrons. The van der Waals surface area contributed by atoms with E-state index in [0.717, 1.165) is 36.6 Å². The summed E-state index contributed by atoms with van der Waals surface area (Å²) in [5.41, 5.74) is 5.06. The minimum atomic E-state index is -0.531. The van der Waals surface area contributed by atoms with Crippen LogP contribution < -0.4 is 11.1 Å². The molecule has 1 fully saturated rings. The Morgan fingerprint density at radius 2 is 1.52 bits per heavy atom. The first-order valence-electron chi connectivity index (χ1n) is 10.9. The molecule has 31 heavy (non-hydrogen) atoms. The normalized spacial score (nSPS) is 20.1. The Hall–Kier alpha value is -2.99. The summed E-state index contributed by atoms with van der Waals surface area (Å²) in [6, 6.07) is 14.7. The summed E-state index contributed by atoms with van der Waals surface area (Å²) in [5.74, 6) is 1.30. The molecule has 5 rings (SSSR count). The van der Waals surface area contributed by atoms with Gasteiger partial charge >= 0.3 is 11.1 Å². The second-order valence-corrected chi connectivity index (χ2v) is 9.28. The predicted octanol–water partition coefficient (Wildman–Crippen LogP) is 2.61. The third-order valence-corrected chi connectivity index (χ3v) is 6.57. The first-order valence-corrected chi connectivity index (χ1v) is 10.9. The SMILES string of the molecule is Cc1ccc(Cn2nc3n(c(=O)c2=O)C[C@@H]2CN(Cc4cc(C)cc(C)c4)C[C@@H]32)cc1. The molecule has 2 aliphatic rings. The van der Waals surface area contributed by atoms with E-state index < -0.39 is 11.1 Å². The van der Waals surface area contributed by atoms with Crippen LogP contribution in [-0.4, -0.2) is 32.3 Å². The molecule has 0 aliphatic carbocycles. The van der Waals surface area contributed by atoms with Gasteiger partial charge in [0, 0.05) is 38.0 Å². The monoisotopic (exact) mass is 416 g/mol. The number of benzene rings is 2. The molecule has 3 aromatic rings. The zero-order valence-electron chi connectivity index (χ0n) is 18.3. The van der Waals surface area contributed by atoms with Crippen LogP contribution >= 0.6 is 0 Å². The van der Waals surface area contributed by atoms with Crippen molar-refractivity contribution in [2.45, 2.75) is 46.3 Å². The maximum Gasteiger partial charge on any atom is 0.332 e. The van der Waals surface area contributed by atoms with E-state index in [4.69, 9.17) is 0 Å². The van der Waals surface area contributed by atoms with E-state index in [1.54, 1.807) is 4.57 Å². The molecule has 0 spiro atoms. The highest BCUT2D eigenvalue weighted by Crippen LogP contribution is 2.37. The number of aromatic nitrogens is 3. The van der Waals surface area contributed by atoms with E-state index in [1.807, 2.05) is 31.2 Å². The maximum atomic E-state index is 12.8. The van der Waals surface area contributed by atoms with Crippen molar-refractivity contribution in [3.8, 4) is 0 Å². The number of rotatable bonds is 4. The van der Waals surface area contributed by atoms with Crippen molar-refractivity contribution >= 4 is 0 Å². The van der Waals surface area contributed by atoms with Crippen molar-refractivity contribution in [2.24, 2.45) is 5.92 Å². The third kappa shape index (κ3) is 3.76. The van der Waals surface area contributed by atoms with Crippen molar-refractivity contribution in [3.05, 3.63) is 96.8 Å². The van der Waals surface area contributed by atoms with Gasteiger partial charge < -0.3 is 0 Å². The molecule has 6 heteroatoms. The van der Waals surface area contributed by atoms with Crippen LogP contribution in [0, 0.1) is 26.7 Å². The van der Waals surface area contributed by atoms with Gasteiger partial charge in [0.1, 0.15) is 5.82 Å². The average molecular weight is 417 g/mol. The molecule has 0 saturated carbocycles. The van der Waals surface area contributed by atoms with E-state index >= 15 is 0 Å². The molecule has 6 nitrogen and oxygen atoms in total. The number of hydrogen-bond acceptors (Lipinski definition) is 4. The molecular weight excluding hydrogens is 388 g/mol. The van der Waals surface area contributed by atoms with Gasteiger partial charge in [0.15, 0.2) is 0 Å². The average Bonchev–Trinajstić information content (AvgIpc) is 3.25. The Balaban J connectivity index is 1.40. The van der Waals surface area contributed by atoms with E-state index in [1.165, 1.54) is 21.4 Å². The number of hydrogen-bond donors (Lipinski definition) is 0. The fraction of sp³-hybridized carbons (Fsp3) is 0.400. The van der Waals surface area contributed by atoms with Crippen LogP contribution in [0.1, 0.15) is 39.6 Å². The molecule has 3 heterocycles. The maximum absolute atomic E-state index is 12.8. The summed E-state index contributed by atoms with van der Waals surface area (Å²) in [5, 5.41) is 4.68. The molecule has 0 N–H and O–H groups in total. The molecular formula is C25H28N4O2. The van der Waals surface area contributed by atoms with E-state index in [0.29, 0.717) is 19.0 Å². The quantitative estimate of drug-likeness (QED) is 0.614. The van der Waals surface area contributed by atoms with Gasteiger partial charge in [-0.2, -0.15) is 5.10 Å². The van der Waals surface area contributed by atoms with Crippen LogP contribution in [0.15, 0.2) is 52.1 Å². The molecule has 2 atom stereocenters. The summed E-state index contributed by atoms with van der Waals surface area (Å²) >= 11 is 0. The van der Waals surface area contributed by atoms with Gasteiger partial charge in [0.25, 0.3) is 0 Å². The van der Waals surface area contributed by atoms with E-state index in [-0.39, 0.29) is 5.92 Å². The highest BCUT2D eigenvalue weighted by Gasteiger charge is 2.42. The summed E-state index contributed by atoms with van der Waals surface area (Å²) in [6.45, 7) is 9.91. The molecule has 2 aromatic carbocycles. The van der Waals surface area contributed by atoms with Gasteiger partial charge in [-0.25, -0.2) is 4.68 Å². The second kappa shape index (κ2) is 7.61. The van der Waals surface area contributed by atoms with Crippen LogP contribution in [0.25, 0.3) is 0 Å². The Morgan fingerprint density at radius 3 is 2.23 bits per heavy atom. The number of aryl methyl sites for hydroxylation is 3. The largest absolute Gasteiger partial charge is 0.332 e. The zero-order chi connectivity index (χ0) is 21.7. The first kappa shape index (κ1) is 19.9. The molecule has 0 amide bonds.